The van der Waals surface area contributed by atoms with Gasteiger partial charge in [0.2, 0.25) is 0 Å². The van der Waals surface area contributed by atoms with E-state index in [9.17, 15) is 14.4 Å². The highest BCUT2D eigenvalue weighted by atomic mass is 16.5. The first-order valence-corrected chi connectivity index (χ1v) is 7.84. The lowest BCUT2D eigenvalue weighted by Gasteiger charge is -2.19. The molecule has 8 heteroatoms. The molecule has 136 valence electrons. The van der Waals surface area contributed by atoms with Crippen molar-refractivity contribution in [1.29, 1.82) is 0 Å². The van der Waals surface area contributed by atoms with Crippen molar-refractivity contribution in [2.24, 2.45) is 0 Å². The predicted octanol–water partition coefficient (Wildman–Crippen LogP) is 1.95. The van der Waals surface area contributed by atoms with Gasteiger partial charge in [-0.15, -0.1) is 0 Å². The van der Waals surface area contributed by atoms with Crippen LogP contribution >= 0.6 is 0 Å². The van der Waals surface area contributed by atoms with Crippen molar-refractivity contribution in [3.8, 4) is 11.5 Å². The van der Waals surface area contributed by atoms with E-state index in [0.717, 1.165) is 4.90 Å². The number of methoxy groups -OCH3 is 2. The van der Waals surface area contributed by atoms with Crippen molar-refractivity contribution in [3.05, 3.63) is 47.9 Å². The molecule has 1 aliphatic rings. The summed E-state index contributed by atoms with van der Waals surface area (Å²) in [6.07, 6.45) is 1.41. The van der Waals surface area contributed by atoms with Crippen LogP contribution in [-0.4, -0.2) is 43.4 Å². The molecule has 1 aliphatic heterocycles. The first-order chi connectivity index (χ1) is 12.4. The van der Waals surface area contributed by atoms with E-state index in [1.807, 2.05) is 0 Å². The largest absolute Gasteiger partial charge is 0.497 e. The number of hydrogen-bond donors (Lipinski definition) is 1. The van der Waals surface area contributed by atoms with Crippen molar-refractivity contribution in [3.63, 3.8) is 0 Å². The summed E-state index contributed by atoms with van der Waals surface area (Å²) in [5.74, 6) is 0.0776. The Morgan fingerprint density at radius 3 is 2.62 bits per heavy atom. The summed E-state index contributed by atoms with van der Waals surface area (Å²) >= 11 is 0. The maximum absolute atomic E-state index is 12.8. The van der Waals surface area contributed by atoms with E-state index in [-0.39, 0.29) is 5.56 Å². The van der Waals surface area contributed by atoms with Crippen LogP contribution in [0.25, 0.3) is 0 Å². The Morgan fingerprint density at radius 1 is 1.23 bits per heavy atom. The fraction of sp³-hybridized carbons (Fsp3) is 0.278. The average Bonchev–Trinajstić information content (AvgIpc) is 3.25. The van der Waals surface area contributed by atoms with Crippen LogP contribution < -0.4 is 14.8 Å². The van der Waals surface area contributed by atoms with Crippen LogP contribution in [0.5, 0.6) is 11.5 Å². The van der Waals surface area contributed by atoms with Gasteiger partial charge in [-0.1, -0.05) is 0 Å². The number of nitrogens with one attached hydrogen (secondary N) is 1. The number of ketones is 1. The minimum absolute atomic E-state index is 0.221. The Balaban J connectivity index is 1.86. The van der Waals surface area contributed by atoms with Crippen LogP contribution in [-0.2, 0) is 10.3 Å². The summed E-state index contributed by atoms with van der Waals surface area (Å²) in [5, 5.41) is 2.58. The van der Waals surface area contributed by atoms with Crippen LogP contribution in [0.3, 0.4) is 0 Å². The number of rotatable bonds is 6. The van der Waals surface area contributed by atoms with Crippen molar-refractivity contribution in [2.75, 3.05) is 20.8 Å². The van der Waals surface area contributed by atoms with Crippen molar-refractivity contribution in [1.82, 2.24) is 10.2 Å². The van der Waals surface area contributed by atoms with Gasteiger partial charge in [-0.05, 0) is 37.3 Å². The first kappa shape index (κ1) is 17.5. The molecular weight excluding hydrogens is 340 g/mol. The first-order valence-electron chi connectivity index (χ1n) is 7.84. The topological polar surface area (TPSA) is 98.1 Å². The third kappa shape index (κ3) is 2.79. The van der Waals surface area contributed by atoms with E-state index in [1.165, 1.54) is 33.5 Å². The second kappa shape index (κ2) is 6.55. The van der Waals surface area contributed by atoms with Crippen molar-refractivity contribution < 1.29 is 28.3 Å². The molecule has 0 spiro atoms. The molecule has 0 bridgehead atoms. The molecule has 1 atom stereocenters. The van der Waals surface area contributed by atoms with E-state index in [0.29, 0.717) is 17.3 Å². The molecule has 1 saturated heterocycles. The summed E-state index contributed by atoms with van der Waals surface area (Å²) in [4.78, 5) is 38.6. The molecule has 1 N–H and O–H groups in total. The SMILES string of the molecule is COc1ccc(OC)c(C(=O)CN2C(=O)NC(C)(c3ccco3)C2=O)c1. The normalized spacial score (nSPS) is 19.4. The van der Waals surface area contributed by atoms with Gasteiger partial charge in [0.05, 0.1) is 32.6 Å². The van der Waals surface area contributed by atoms with Gasteiger partial charge >= 0.3 is 6.03 Å². The maximum Gasteiger partial charge on any atom is 0.325 e. The maximum atomic E-state index is 12.8. The van der Waals surface area contributed by atoms with Crippen LogP contribution in [0, 0.1) is 0 Å². The summed E-state index contributed by atoms with van der Waals surface area (Å²) in [6, 6.07) is 7.29. The number of Topliss-reactive ketones (excluding diaryl/α,β-unsaturated/α-hetero) is 1. The molecule has 8 nitrogen and oxygen atoms in total. The zero-order chi connectivity index (χ0) is 18.9. The predicted molar refractivity (Wildman–Crippen MR) is 90.2 cm³/mol. The molecule has 26 heavy (non-hydrogen) atoms. The second-order valence-corrected chi connectivity index (χ2v) is 5.91. The van der Waals surface area contributed by atoms with Gasteiger partial charge < -0.3 is 19.2 Å². The molecule has 1 fully saturated rings. The van der Waals surface area contributed by atoms with Gasteiger partial charge in [0.25, 0.3) is 5.91 Å². The molecule has 0 radical (unpaired) electrons. The Kier molecular flexibility index (Phi) is 4.41. The summed E-state index contributed by atoms with van der Waals surface area (Å²) in [7, 11) is 2.91. The number of nitrogens with zero attached hydrogens (tertiary/aromatic N) is 1. The molecule has 1 aromatic carbocycles. The number of benzene rings is 1. The zero-order valence-electron chi connectivity index (χ0n) is 14.6. The molecule has 1 unspecified atom stereocenters. The molecular formula is C18H18N2O6. The van der Waals surface area contributed by atoms with Crippen molar-refractivity contribution >= 4 is 17.7 Å². The average molecular weight is 358 g/mol. The Morgan fingerprint density at radius 2 is 2.00 bits per heavy atom. The number of hydrogen-bond acceptors (Lipinski definition) is 6. The summed E-state index contributed by atoms with van der Waals surface area (Å²) in [6.45, 7) is 1.10. The molecule has 0 saturated carbocycles. The number of carbonyl (C=O) groups is 3. The van der Waals surface area contributed by atoms with Crippen molar-refractivity contribution in [2.45, 2.75) is 12.5 Å². The van der Waals surface area contributed by atoms with Gasteiger partial charge in [-0.25, -0.2) is 4.79 Å². The van der Waals surface area contributed by atoms with Crippen LogP contribution in [0.2, 0.25) is 0 Å². The fourth-order valence-corrected chi connectivity index (χ4v) is 2.83. The van der Waals surface area contributed by atoms with E-state index < -0.39 is 29.8 Å². The Labute approximate surface area is 149 Å². The molecule has 1 aromatic heterocycles. The monoisotopic (exact) mass is 358 g/mol. The van der Waals surface area contributed by atoms with E-state index in [4.69, 9.17) is 13.9 Å². The fourth-order valence-electron chi connectivity index (χ4n) is 2.83. The smallest absolute Gasteiger partial charge is 0.325 e. The highest BCUT2D eigenvalue weighted by Gasteiger charge is 2.51. The molecule has 3 rings (SSSR count). The lowest BCUT2D eigenvalue weighted by atomic mass is 9.99. The van der Waals surface area contributed by atoms with Crippen LogP contribution in [0.1, 0.15) is 23.0 Å². The Bertz CT molecular complexity index is 861. The third-order valence-corrected chi connectivity index (χ3v) is 4.30. The zero-order valence-corrected chi connectivity index (χ0v) is 14.6. The number of furan rings is 1. The molecule has 0 aliphatic carbocycles. The van der Waals surface area contributed by atoms with E-state index in [2.05, 4.69) is 5.32 Å². The lowest BCUT2D eigenvalue weighted by Crippen LogP contribution is -2.41. The van der Waals surface area contributed by atoms with Gasteiger partial charge in [0, 0.05) is 0 Å². The second-order valence-electron chi connectivity index (χ2n) is 5.91. The van der Waals surface area contributed by atoms with E-state index >= 15 is 0 Å². The summed E-state index contributed by atoms with van der Waals surface area (Å²) < 4.78 is 15.6. The number of imide groups is 1. The highest BCUT2D eigenvalue weighted by molar-refractivity contribution is 6.11. The minimum atomic E-state index is -1.35. The van der Waals surface area contributed by atoms with Crippen LogP contribution in [0.15, 0.2) is 41.0 Å². The summed E-state index contributed by atoms with van der Waals surface area (Å²) in [5.41, 5.74) is -1.13. The molecule has 2 aromatic rings. The number of amides is 3. The lowest BCUT2D eigenvalue weighted by molar-refractivity contribution is -0.131. The molecule has 3 amide bonds. The third-order valence-electron chi connectivity index (χ3n) is 4.30. The minimum Gasteiger partial charge on any atom is -0.497 e. The van der Waals surface area contributed by atoms with Gasteiger partial charge in [-0.3, -0.25) is 14.5 Å². The number of carbonyl (C=O) groups excluding carboxylic acids is 3. The highest BCUT2D eigenvalue weighted by Crippen LogP contribution is 2.30. The van der Waals surface area contributed by atoms with Gasteiger partial charge in [0.1, 0.15) is 17.3 Å². The van der Waals surface area contributed by atoms with E-state index in [1.54, 1.807) is 24.3 Å². The number of urea groups is 1. The standard InChI is InChI=1S/C18H18N2O6/c1-18(15-5-4-8-26-15)16(22)20(17(23)19-18)10-13(21)12-9-11(24-2)6-7-14(12)25-3/h4-9H,10H2,1-3H3,(H,19,23). The van der Waals surface area contributed by atoms with Gasteiger partial charge in [0.15, 0.2) is 11.3 Å². The van der Waals surface area contributed by atoms with Gasteiger partial charge in [-0.2, -0.15) is 0 Å². The molecule has 2 heterocycles. The quantitative estimate of drug-likeness (QED) is 0.626. The number of ether oxygens (including phenoxy) is 2. The van der Waals surface area contributed by atoms with Crippen LogP contribution in [0.4, 0.5) is 4.79 Å². The Hall–Kier alpha value is -3.29.